The molecular formula is C12H18FNS. The summed E-state index contributed by atoms with van der Waals surface area (Å²) >= 11 is 1.72. The minimum absolute atomic E-state index is 0.153. The van der Waals surface area contributed by atoms with Crippen molar-refractivity contribution in [2.24, 2.45) is 5.73 Å². The first-order valence-corrected chi connectivity index (χ1v) is 6.37. The molecule has 0 radical (unpaired) electrons. The van der Waals surface area contributed by atoms with Gasteiger partial charge in [0, 0.05) is 4.90 Å². The van der Waals surface area contributed by atoms with Gasteiger partial charge in [0.05, 0.1) is 0 Å². The first kappa shape index (κ1) is 12.5. The Morgan fingerprint density at radius 3 is 2.80 bits per heavy atom. The van der Waals surface area contributed by atoms with Gasteiger partial charge in [0.25, 0.3) is 0 Å². The molecule has 0 fully saturated rings. The summed E-state index contributed by atoms with van der Waals surface area (Å²) in [5.41, 5.74) is 6.45. The van der Waals surface area contributed by atoms with Gasteiger partial charge in [-0.1, -0.05) is 13.3 Å². The number of hydrogen-bond donors (Lipinski definition) is 1. The van der Waals surface area contributed by atoms with E-state index in [1.165, 1.54) is 12.8 Å². The summed E-state index contributed by atoms with van der Waals surface area (Å²) in [4.78, 5) is 1.02. The van der Waals surface area contributed by atoms with Crippen LogP contribution in [0.2, 0.25) is 0 Å². The molecule has 0 bridgehead atoms. The van der Waals surface area contributed by atoms with Crippen LogP contribution in [0.4, 0.5) is 4.39 Å². The minimum atomic E-state index is -0.153. The number of thioether (sulfide) groups is 1. The molecule has 0 spiro atoms. The van der Waals surface area contributed by atoms with Gasteiger partial charge in [-0.2, -0.15) is 0 Å². The SMILES string of the molecule is CCCCSc1cc(F)cc(CCN)c1. The van der Waals surface area contributed by atoms with Crippen LogP contribution in [-0.4, -0.2) is 12.3 Å². The van der Waals surface area contributed by atoms with Gasteiger partial charge in [0.2, 0.25) is 0 Å². The van der Waals surface area contributed by atoms with E-state index in [1.807, 2.05) is 6.07 Å². The largest absolute Gasteiger partial charge is 0.330 e. The fraction of sp³-hybridized carbons (Fsp3) is 0.500. The van der Waals surface area contributed by atoms with Crippen molar-refractivity contribution in [1.29, 1.82) is 0 Å². The molecule has 0 aliphatic heterocycles. The third-order valence-electron chi connectivity index (χ3n) is 2.13. The Balaban J connectivity index is 2.62. The third kappa shape index (κ3) is 4.67. The maximum atomic E-state index is 13.2. The van der Waals surface area contributed by atoms with Gasteiger partial charge in [-0.25, -0.2) is 4.39 Å². The highest BCUT2D eigenvalue weighted by molar-refractivity contribution is 7.99. The minimum Gasteiger partial charge on any atom is -0.330 e. The molecule has 0 unspecified atom stereocenters. The highest BCUT2D eigenvalue weighted by atomic mass is 32.2. The van der Waals surface area contributed by atoms with Crippen LogP contribution in [0.25, 0.3) is 0 Å². The second-order valence-corrected chi connectivity index (χ2v) is 4.70. The molecule has 1 rings (SSSR count). The lowest BCUT2D eigenvalue weighted by Crippen LogP contribution is -2.03. The van der Waals surface area contributed by atoms with Crippen molar-refractivity contribution in [3.8, 4) is 0 Å². The molecule has 1 nitrogen and oxygen atoms in total. The van der Waals surface area contributed by atoms with Crippen molar-refractivity contribution >= 4 is 11.8 Å². The smallest absolute Gasteiger partial charge is 0.124 e. The normalized spacial score (nSPS) is 10.6. The summed E-state index contributed by atoms with van der Waals surface area (Å²) in [7, 11) is 0. The molecule has 1 aromatic rings. The van der Waals surface area contributed by atoms with E-state index in [4.69, 9.17) is 5.73 Å². The lowest BCUT2D eigenvalue weighted by Gasteiger charge is -2.04. The molecule has 2 N–H and O–H groups in total. The zero-order chi connectivity index (χ0) is 11.1. The molecule has 15 heavy (non-hydrogen) atoms. The Morgan fingerprint density at radius 1 is 1.33 bits per heavy atom. The molecule has 0 saturated heterocycles. The van der Waals surface area contributed by atoms with E-state index in [1.54, 1.807) is 23.9 Å². The molecule has 0 amide bonds. The molecule has 0 atom stereocenters. The fourth-order valence-electron chi connectivity index (χ4n) is 1.35. The monoisotopic (exact) mass is 227 g/mol. The number of unbranched alkanes of at least 4 members (excludes halogenated alkanes) is 1. The van der Waals surface area contributed by atoms with Crippen molar-refractivity contribution in [3.63, 3.8) is 0 Å². The predicted molar refractivity (Wildman–Crippen MR) is 64.8 cm³/mol. The van der Waals surface area contributed by atoms with E-state index >= 15 is 0 Å². The lowest BCUT2D eigenvalue weighted by molar-refractivity contribution is 0.621. The van der Waals surface area contributed by atoms with Crippen LogP contribution < -0.4 is 5.73 Å². The van der Waals surface area contributed by atoms with Crippen LogP contribution in [0.15, 0.2) is 23.1 Å². The average molecular weight is 227 g/mol. The summed E-state index contributed by atoms with van der Waals surface area (Å²) in [5, 5.41) is 0. The van der Waals surface area contributed by atoms with Gasteiger partial charge < -0.3 is 5.73 Å². The van der Waals surface area contributed by atoms with E-state index in [-0.39, 0.29) is 5.82 Å². The number of halogens is 1. The van der Waals surface area contributed by atoms with Crippen molar-refractivity contribution in [1.82, 2.24) is 0 Å². The summed E-state index contributed by atoms with van der Waals surface area (Å²) in [5.74, 6) is 0.905. The molecule has 0 aliphatic carbocycles. The first-order chi connectivity index (χ1) is 7.26. The molecule has 3 heteroatoms. The van der Waals surface area contributed by atoms with Crippen LogP contribution in [0.3, 0.4) is 0 Å². The van der Waals surface area contributed by atoms with Gasteiger partial charge in [-0.15, -0.1) is 11.8 Å². The van der Waals surface area contributed by atoms with Gasteiger partial charge >= 0.3 is 0 Å². The van der Waals surface area contributed by atoms with E-state index in [0.717, 1.165) is 22.6 Å². The van der Waals surface area contributed by atoms with E-state index in [0.29, 0.717) is 6.54 Å². The van der Waals surface area contributed by atoms with E-state index in [9.17, 15) is 4.39 Å². The summed E-state index contributed by atoms with van der Waals surface area (Å²) in [6, 6.07) is 5.20. The van der Waals surface area contributed by atoms with Gasteiger partial charge in [0.15, 0.2) is 0 Å². The van der Waals surface area contributed by atoms with Crippen molar-refractivity contribution in [2.75, 3.05) is 12.3 Å². The summed E-state index contributed by atoms with van der Waals surface area (Å²) < 4.78 is 13.2. The van der Waals surface area contributed by atoms with Crippen LogP contribution in [0, 0.1) is 5.82 Å². The second kappa shape index (κ2) is 6.85. The molecule has 0 aliphatic rings. The van der Waals surface area contributed by atoms with Crippen molar-refractivity contribution in [2.45, 2.75) is 31.1 Å². The van der Waals surface area contributed by atoms with E-state index in [2.05, 4.69) is 6.92 Å². The van der Waals surface area contributed by atoms with Crippen LogP contribution in [0.5, 0.6) is 0 Å². The molecule has 0 heterocycles. The highest BCUT2D eigenvalue weighted by Gasteiger charge is 2.01. The lowest BCUT2D eigenvalue weighted by atomic mass is 10.1. The van der Waals surface area contributed by atoms with Crippen LogP contribution >= 0.6 is 11.8 Å². The number of benzene rings is 1. The molecular weight excluding hydrogens is 209 g/mol. The van der Waals surface area contributed by atoms with E-state index < -0.39 is 0 Å². The number of nitrogens with two attached hydrogens (primary N) is 1. The summed E-state index contributed by atoms with van der Waals surface area (Å²) in [6.45, 7) is 2.73. The van der Waals surface area contributed by atoms with Crippen LogP contribution in [-0.2, 0) is 6.42 Å². The number of hydrogen-bond acceptors (Lipinski definition) is 2. The Morgan fingerprint density at radius 2 is 2.13 bits per heavy atom. The zero-order valence-corrected chi connectivity index (χ0v) is 9.95. The Labute approximate surface area is 95.2 Å². The topological polar surface area (TPSA) is 26.0 Å². The van der Waals surface area contributed by atoms with Gasteiger partial charge in [-0.05, 0) is 48.9 Å². The first-order valence-electron chi connectivity index (χ1n) is 5.38. The van der Waals surface area contributed by atoms with Crippen molar-refractivity contribution in [3.05, 3.63) is 29.6 Å². The highest BCUT2D eigenvalue weighted by Crippen LogP contribution is 2.22. The maximum Gasteiger partial charge on any atom is 0.124 e. The Bertz CT molecular complexity index is 302. The predicted octanol–water partition coefficient (Wildman–Crippen LogP) is 3.22. The average Bonchev–Trinajstić information content (AvgIpc) is 2.18. The third-order valence-corrected chi connectivity index (χ3v) is 3.19. The molecule has 1 aromatic carbocycles. The standard InChI is InChI=1S/C12H18FNS/c1-2-3-6-15-12-8-10(4-5-14)7-11(13)9-12/h7-9H,2-6,14H2,1H3. The molecule has 0 aromatic heterocycles. The van der Waals surface area contributed by atoms with Crippen molar-refractivity contribution < 1.29 is 4.39 Å². The number of rotatable bonds is 6. The van der Waals surface area contributed by atoms with Crippen LogP contribution in [0.1, 0.15) is 25.3 Å². The Kier molecular flexibility index (Phi) is 5.73. The van der Waals surface area contributed by atoms with Gasteiger partial charge in [-0.3, -0.25) is 0 Å². The van der Waals surface area contributed by atoms with Gasteiger partial charge in [0.1, 0.15) is 5.82 Å². The maximum absolute atomic E-state index is 13.2. The zero-order valence-electron chi connectivity index (χ0n) is 9.13. The fourth-order valence-corrected chi connectivity index (χ4v) is 2.45. The molecule has 84 valence electrons. The Hall–Kier alpha value is -0.540. The quantitative estimate of drug-likeness (QED) is 0.596. The second-order valence-electron chi connectivity index (χ2n) is 3.54. The molecule has 0 saturated carbocycles. The summed E-state index contributed by atoms with van der Waals surface area (Å²) in [6.07, 6.45) is 3.10.